The summed E-state index contributed by atoms with van der Waals surface area (Å²) in [6, 6.07) is 0. The van der Waals surface area contributed by atoms with E-state index in [0.717, 1.165) is 11.8 Å². The zero-order valence-electron chi connectivity index (χ0n) is 18.5. The summed E-state index contributed by atoms with van der Waals surface area (Å²) < 4.78 is 0. The first kappa shape index (κ1) is 25.0. The normalized spacial score (nSPS) is 13.9. The van der Waals surface area contributed by atoms with Gasteiger partial charge in [0.25, 0.3) is 0 Å². The Kier molecular flexibility index (Phi) is 20.3. The molecular weight excluding hydrogens is 300 g/mol. The fraction of sp³-hybridized carbons (Fsp3) is 0.960. The fourth-order valence-corrected chi connectivity index (χ4v) is 4.11. The van der Waals surface area contributed by atoms with E-state index in [0.29, 0.717) is 0 Å². The van der Waals surface area contributed by atoms with Crippen molar-refractivity contribution >= 4 is 0 Å². The van der Waals surface area contributed by atoms with Crippen LogP contribution in [0.1, 0.15) is 143 Å². The monoisotopic (exact) mass is 351 g/mol. The van der Waals surface area contributed by atoms with Crippen molar-refractivity contribution in [2.45, 2.75) is 143 Å². The lowest BCUT2D eigenvalue weighted by Crippen LogP contribution is -2.11. The Hall–Kier alpha value is 0. The second kappa shape index (κ2) is 20.3. The summed E-state index contributed by atoms with van der Waals surface area (Å²) in [7, 11) is 0. The van der Waals surface area contributed by atoms with Crippen LogP contribution in [-0.4, -0.2) is 0 Å². The zero-order valence-corrected chi connectivity index (χ0v) is 18.5. The van der Waals surface area contributed by atoms with Gasteiger partial charge in [-0.15, -0.1) is 0 Å². The summed E-state index contributed by atoms with van der Waals surface area (Å²) in [5, 5.41) is 0. The molecule has 2 atom stereocenters. The highest BCUT2D eigenvalue weighted by Gasteiger charge is 2.16. The Morgan fingerprint density at radius 1 is 0.400 bits per heavy atom. The molecule has 0 saturated heterocycles. The average molecular weight is 352 g/mol. The minimum absolute atomic E-state index is 0.897. The third-order valence-corrected chi connectivity index (χ3v) is 5.74. The number of hydrogen-bond acceptors (Lipinski definition) is 0. The summed E-state index contributed by atoms with van der Waals surface area (Å²) in [6.45, 7) is 9.33. The first-order chi connectivity index (χ1) is 12.3. The van der Waals surface area contributed by atoms with Crippen LogP contribution in [0.4, 0.5) is 0 Å². The minimum atomic E-state index is 0.897. The second-order valence-corrected chi connectivity index (χ2v) is 8.40. The highest BCUT2D eigenvalue weighted by molar-refractivity contribution is 4.84. The molecule has 0 aromatic carbocycles. The largest absolute Gasteiger partial charge is 0.0654 e. The van der Waals surface area contributed by atoms with E-state index >= 15 is 0 Å². The lowest BCUT2D eigenvalue weighted by molar-refractivity contribution is 0.373. The number of rotatable bonds is 20. The van der Waals surface area contributed by atoms with Crippen molar-refractivity contribution in [2.75, 3.05) is 0 Å². The summed E-state index contributed by atoms with van der Waals surface area (Å²) in [5.41, 5.74) is 0. The van der Waals surface area contributed by atoms with E-state index in [9.17, 15) is 0 Å². The molecule has 1 radical (unpaired) electrons. The van der Waals surface area contributed by atoms with Gasteiger partial charge in [-0.1, -0.05) is 143 Å². The van der Waals surface area contributed by atoms with E-state index in [1.165, 1.54) is 116 Å². The van der Waals surface area contributed by atoms with E-state index in [4.69, 9.17) is 0 Å². The second-order valence-electron chi connectivity index (χ2n) is 8.40. The van der Waals surface area contributed by atoms with Crippen LogP contribution in [-0.2, 0) is 0 Å². The van der Waals surface area contributed by atoms with E-state index in [2.05, 4.69) is 34.1 Å². The summed E-state index contributed by atoms with van der Waals surface area (Å²) in [4.78, 5) is 0. The predicted molar refractivity (Wildman–Crippen MR) is 117 cm³/mol. The molecule has 0 spiro atoms. The van der Waals surface area contributed by atoms with Crippen molar-refractivity contribution in [1.29, 1.82) is 0 Å². The van der Waals surface area contributed by atoms with Crippen molar-refractivity contribution in [1.82, 2.24) is 0 Å². The third-order valence-electron chi connectivity index (χ3n) is 5.74. The van der Waals surface area contributed by atoms with Crippen molar-refractivity contribution in [3.8, 4) is 0 Å². The smallest absolute Gasteiger partial charge is 0.0324 e. The fourth-order valence-electron chi connectivity index (χ4n) is 4.11. The van der Waals surface area contributed by atoms with Crippen molar-refractivity contribution in [2.24, 2.45) is 11.8 Å². The zero-order chi connectivity index (χ0) is 18.6. The van der Waals surface area contributed by atoms with Gasteiger partial charge >= 0.3 is 0 Å². The molecular formula is C25H51. The molecule has 0 rings (SSSR count). The molecule has 0 heteroatoms. The van der Waals surface area contributed by atoms with Crippen LogP contribution < -0.4 is 0 Å². The van der Waals surface area contributed by atoms with Crippen LogP contribution in [0.3, 0.4) is 0 Å². The van der Waals surface area contributed by atoms with Gasteiger partial charge in [0, 0.05) is 0 Å². The quantitative estimate of drug-likeness (QED) is 0.191. The molecule has 0 nitrogen and oxygen atoms in total. The lowest BCUT2D eigenvalue weighted by Gasteiger charge is -2.23. The van der Waals surface area contributed by atoms with Gasteiger partial charge < -0.3 is 0 Å². The van der Waals surface area contributed by atoms with Crippen LogP contribution in [0.25, 0.3) is 0 Å². The molecule has 0 heterocycles. The molecule has 0 aromatic rings. The van der Waals surface area contributed by atoms with Crippen molar-refractivity contribution < 1.29 is 0 Å². The Labute approximate surface area is 161 Å². The maximum atomic E-state index is 2.82. The number of unbranched alkanes of at least 4 members (excludes halogenated alkanes) is 10. The first-order valence-electron chi connectivity index (χ1n) is 12.1. The van der Waals surface area contributed by atoms with E-state index in [-0.39, 0.29) is 0 Å². The van der Waals surface area contributed by atoms with Crippen LogP contribution in [0.5, 0.6) is 0 Å². The standard InChI is InChI=1S/C25H51/c1-5-9-12-14-15-18-22-25(20-16-11-7-3)23-24(19-8-4)21-17-13-10-6-2/h23-25H,5-22H2,1-4H3. The molecule has 0 saturated carbocycles. The highest BCUT2D eigenvalue weighted by atomic mass is 14.2. The molecule has 0 aliphatic heterocycles. The Morgan fingerprint density at radius 2 is 0.760 bits per heavy atom. The van der Waals surface area contributed by atoms with Gasteiger partial charge in [-0.3, -0.25) is 0 Å². The molecule has 0 aliphatic carbocycles. The third kappa shape index (κ3) is 17.2. The van der Waals surface area contributed by atoms with E-state index in [1.54, 1.807) is 0 Å². The Bertz CT molecular complexity index is 232. The lowest BCUT2D eigenvalue weighted by atomic mass is 9.82. The van der Waals surface area contributed by atoms with Crippen molar-refractivity contribution in [3.05, 3.63) is 6.42 Å². The highest BCUT2D eigenvalue weighted by Crippen LogP contribution is 2.29. The molecule has 0 bridgehead atoms. The molecule has 0 fully saturated rings. The first-order valence-corrected chi connectivity index (χ1v) is 12.1. The maximum absolute atomic E-state index is 2.82. The molecule has 25 heavy (non-hydrogen) atoms. The van der Waals surface area contributed by atoms with Gasteiger partial charge in [0.15, 0.2) is 0 Å². The van der Waals surface area contributed by atoms with Gasteiger partial charge in [0.1, 0.15) is 0 Å². The van der Waals surface area contributed by atoms with Gasteiger partial charge in [0.2, 0.25) is 0 Å². The molecule has 151 valence electrons. The van der Waals surface area contributed by atoms with Crippen LogP contribution in [0.15, 0.2) is 0 Å². The topological polar surface area (TPSA) is 0 Å². The maximum Gasteiger partial charge on any atom is -0.0324 e. The molecule has 0 N–H and O–H groups in total. The minimum Gasteiger partial charge on any atom is -0.0654 e. The van der Waals surface area contributed by atoms with E-state index in [1.807, 2.05) is 0 Å². The SMILES string of the molecule is CCCCCCCCC([CH]C(CCC)CCCCCC)CCCCC. The molecule has 0 amide bonds. The van der Waals surface area contributed by atoms with Gasteiger partial charge in [-0.25, -0.2) is 0 Å². The average Bonchev–Trinajstić information content (AvgIpc) is 2.61. The van der Waals surface area contributed by atoms with E-state index < -0.39 is 0 Å². The molecule has 0 aliphatic rings. The molecule has 0 aromatic heterocycles. The van der Waals surface area contributed by atoms with Crippen molar-refractivity contribution in [3.63, 3.8) is 0 Å². The Morgan fingerprint density at radius 3 is 1.28 bits per heavy atom. The number of hydrogen-bond donors (Lipinski definition) is 0. The van der Waals surface area contributed by atoms with Crippen LogP contribution >= 0.6 is 0 Å². The van der Waals surface area contributed by atoms with Gasteiger partial charge in [-0.2, -0.15) is 0 Å². The Balaban J connectivity index is 4.18. The predicted octanol–water partition coefficient (Wildman–Crippen LogP) is 9.52. The van der Waals surface area contributed by atoms with Gasteiger partial charge in [0.05, 0.1) is 0 Å². The summed E-state index contributed by atoms with van der Waals surface area (Å²) in [6.07, 6.45) is 28.5. The molecule has 2 unspecified atom stereocenters. The van der Waals surface area contributed by atoms with Gasteiger partial charge in [-0.05, 0) is 18.3 Å². The summed E-state index contributed by atoms with van der Waals surface area (Å²) >= 11 is 0. The van der Waals surface area contributed by atoms with Crippen LogP contribution in [0, 0.1) is 18.3 Å². The van der Waals surface area contributed by atoms with Crippen LogP contribution in [0.2, 0.25) is 0 Å². The summed E-state index contributed by atoms with van der Waals surface area (Å²) in [5.74, 6) is 1.80.